The van der Waals surface area contributed by atoms with Crippen molar-refractivity contribution >= 4 is 5.97 Å². The van der Waals surface area contributed by atoms with E-state index in [0.717, 1.165) is 12.3 Å². The molecule has 0 bridgehead atoms. The van der Waals surface area contributed by atoms with Gasteiger partial charge in [0, 0.05) is 6.20 Å². The van der Waals surface area contributed by atoms with E-state index in [0.29, 0.717) is 5.57 Å². The third-order valence-corrected chi connectivity index (χ3v) is 1.42. The number of carbonyl (C=O) groups is 1. The number of esters is 1. The van der Waals surface area contributed by atoms with Crippen molar-refractivity contribution < 1.29 is 13.9 Å². The van der Waals surface area contributed by atoms with Gasteiger partial charge in [-0.15, -0.1) is 0 Å². The fourth-order valence-electron chi connectivity index (χ4n) is 0.626. The van der Waals surface area contributed by atoms with Crippen LogP contribution in [-0.4, -0.2) is 13.1 Å². The Hall–Kier alpha value is -1.58. The van der Waals surface area contributed by atoms with Crippen molar-refractivity contribution in [3.8, 4) is 0 Å². The predicted octanol–water partition coefficient (Wildman–Crippen LogP) is 1.43. The van der Waals surface area contributed by atoms with E-state index in [-0.39, 0.29) is 5.57 Å². The molecule has 0 heterocycles. The number of hydrogen-bond acceptors (Lipinski definition) is 3. The van der Waals surface area contributed by atoms with Crippen molar-refractivity contribution in [2.24, 2.45) is 5.73 Å². The average Bonchev–Trinajstić information content (AvgIpc) is 2.14. The molecule has 0 aliphatic rings. The first kappa shape index (κ1) is 11.4. The molecule has 0 rings (SSSR count). The summed E-state index contributed by atoms with van der Waals surface area (Å²) in [6.45, 7) is 4.98. The zero-order valence-corrected chi connectivity index (χ0v) is 7.63. The molecule has 4 heteroatoms. The fraction of sp³-hybridized carbons (Fsp3) is 0.222. The standard InChI is InChI=1S/C9H12FNO2/c1-6(4-8(10)5-11)7(2)9(12)13-3/h4-5H,2,11H2,1,3H3/b6-4-,8-5+. The van der Waals surface area contributed by atoms with Crippen LogP contribution in [0.2, 0.25) is 0 Å². The molecule has 0 aliphatic heterocycles. The first-order valence-electron chi connectivity index (χ1n) is 3.56. The second-order valence-electron chi connectivity index (χ2n) is 2.35. The quantitative estimate of drug-likeness (QED) is 0.411. The summed E-state index contributed by atoms with van der Waals surface area (Å²) in [4.78, 5) is 10.9. The number of rotatable bonds is 3. The van der Waals surface area contributed by atoms with Crippen LogP contribution in [0.15, 0.2) is 35.8 Å². The molecule has 0 saturated carbocycles. The van der Waals surface area contributed by atoms with Crippen LogP contribution in [0.25, 0.3) is 0 Å². The van der Waals surface area contributed by atoms with Gasteiger partial charge < -0.3 is 10.5 Å². The van der Waals surface area contributed by atoms with Gasteiger partial charge in [-0.3, -0.25) is 0 Å². The molecular weight excluding hydrogens is 173 g/mol. The van der Waals surface area contributed by atoms with Crippen molar-refractivity contribution in [2.45, 2.75) is 6.92 Å². The molecule has 0 amide bonds. The zero-order chi connectivity index (χ0) is 10.4. The fourth-order valence-corrected chi connectivity index (χ4v) is 0.626. The third-order valence-electron chi connectivity index (χ3n) is 1.42. The predicted molar refractivity (Wildman–Crippen MR) is 48.3 cm³/mol. The molecule has 0 unspecified atom stereocenters. The van der Waals surface area contributed by atoms with Crippen LogP contribution in [0.3, 0.4) is 0 Å². The van der Waals surface area contributed by atoms with Crippen LogP contribution in [-0.2, 0) is 9.53 Å². The van der Waals surface area contributed by atoms with Crippen LogP contribution in [0.4, 0.5) is 4.39 Å². The maximum atomic E-state index is 12.6. The minimum Gasteiger partial charge on any atom is -0.465 e. The Bertz CT molecular complexity index is 279. The molecule has 0 atom stereocenters. The summed E-state index contributed by atoms with van der Waals surface area (Å²) in [6, 6.07) is 0. The second-order valence-corrected chi connectivity index (χ2v) is 2.35. The SMILES string of the molecule is C=C(C(=O)OC)/C(C)=C\C(F)=C/N. The van der Waals surface area contributed by atoms with Gasteiger partial charge in [0.2, 0.25) is 0 Å². The third kappa shape index (κ3) is 3.55. The number of nitrogens with two attached hydrogens (primary N) is 1. The second kappa shape index (κ2) is 5.13. The Morgan fingerprint density at radius 1 is 1.62 bits per heavy atom. The van der Waals surface area contributed by atoms with Crippen LogP contribution in [0.5, 0.6) is 0 Å². The number of methoxy groups -OCH3 is 1. The summed E-state index contributed by atoms with van der Waals surface area (Å²) < 4.78 is 17.0. The number of hydrogen-bond donors (Lipinski definition) is 1. The Kier molecular flexibility index (Phi) is 4.51. The maximum absolute atomic E-state index is 12.6. The van der Waals surface area contributed by atoms with Crippen LogP contribution >= 0.6 is 0 Å². The van der Waals surface area contributed by atoms with E-state index in [1.54, 1.807) is 6.92 Å². The molecule has 0 aromatic heterocycles. The zero-order valence-electron chi connectivity index (χ0n) is 7.63. The minimum absolute atomic E-state index is 0.111. The smallest absolute Gasteiger partial charge is 0.337 e. The largest absolute Gasteiger partial charge is 0.465 e. The topological polar surface area (TPSA) is 52.3 Å². The lowest BCUT2D eigenvalue weighted by molar-refractivity contribution is -0.135. The number of allylic oxidation sites excluding steroid dienone is 2. The lowest BCUT2D eigenvalue weighted by atomic mass is 10.1. The number of ether oxygens (including phenoxy) is 1. The highest BCUT2D eigenvalue weighted by Gasteiger charge is 2.08. The molecular formula is C9H12FNO2. The molecule has 0 aromatic carbocycles. The van der Waals surface area contributed by atoms with Crippen molar-refractivity contribution in [1.82, 2.24) is 0 Å². The van der Waals surface area contributed by atoms with Gasteiger partial charge in [-0.2, -0.15) is 0 Å². The van der Waals surface area contributed by atoms with Gasteiger partial charge in [-0.05, 0) is 18.6 Å². The summed E-state index contributed by atoms with van der Waals surface area (Å²) in [5.74, 6) is -1.21. The summed E-state index contributed by atoms with van der Waals surface area (Å²) in [7, 11) is 1.23. The molecule has 0 saturated heterocycles. The van der Waals surface area contributed by atoms with E-state index in [9.17, 15) is 9.18 Å². The summed E-state index contributed by atoms with van der Waals surface area (Å²) in [6.07, 6.45) is 1.91. The van der Waals surface area contributed by atoms with Crippen LogP contribution in [0, 0.1) is 0 Å². The molecule has 0 radical (unpaired) electrons. The molecule has 3 nitrogen and oxygen atoms in total. The van der Waals surface area contributed by atoms with Crippen LogP contribution < -0.4 is 5.73 Å². The Morgan fingerprint density at radius 2 is 2.15 bits per heavy atom. The summed E-state index contributed by atoms with van der Waals surface area (Å²) in [5.41, 5.74) is 5.39. The normalized spacial score (nSPS) is 12.5. The van der Waals surface area contributed by atoms with E-state index >= 15 is 0 Å². The first-order chi connectivity index (χ1) is 6.02. The van der Waals surface area contributed by atoms with E-state index in [1.165, 1.54) is 7.11 Å². The van der Waals surface area contributed by atoms with Crippen LogP contribution in [0.1, 0.15) is 6.92 Å². The molecule has 0 fully saturated rings. The molecule has 0 spiro atoms. The van der Waals surface area contributed by atoms with Crippen molar-refractivity contribution in [2.75, 3.05) is 7.11 Å². The van der Waals surface area contributed by atoms with E-state index in [2.05, 4.69) is 11.3 Å². The Balaban J connectivity index is 4.61. The monoisotopic (exact) mass is 185 g/mol. The van der Waals surface area contributed by atoms with Gasteiger partial charge in [0.25, 0.3) is 0 Å². The highest BCUT2D eigenvalue weighted by molar-refractivity contribution is 5.92. The highest BCUT2D eigenvalue weighted by atomic mass is 19.1. The van der Waals surface area contributed by atoms with Gasteiger partial charge in [0.05, 0.1) is 12.7 Å². The van der Waals surface area contributed by atoms with Crippen molar-refractivity contribution in [3.63, 3.8) is 0 Å². The summed E-state index contributed by atoms with van der Waals surface area (Å²) in [5, 5.41) is 0. The van der Waals surface area contributed by atoms with Gasteiger partial charge in [-0.1, -0.05) is 6.58 Å². The molecule has 2 N–H and O–H groups in total. The van der Waals surface area contributed by atoms with E-state index in [4.69, 9.17) is 5.73 Å². The molecule has 72 valence electrons. The van der Waals surface area contributed by atoms with Gasteiger partial charge >= 0.3 is 5.97 Å². The summed E-state index contributed by atoms with van der Waals surface area (Å²) >= 11 is 0. The van der Waals surface area contributed by atoms with Crippen molar-refractivity contribution in [1.29, 1.82) is 0 Å². The van der Waals surface area contributed by atoms with Crippen molar-refractivity contribution in [3.05, 3.63) is 35.8 Å². The maximum Gasteiger partial charge on any atom is 0.337 e. The lowest BCUT2D eigenvalue weighted by Crippen LogP contribution is -2.04. The molecule has 0 aliphatic carbocycles. The molecule has 13 heavy (non-hydrogen) atoms. The Morgan fingerprint density at radius 3 is 2.54 bits per heavy atom. The lowest BCUT2D eigenvalue weighted by Gasteiger charge is -2.02. The van der Waals surface area contributed by atoms with Gasteiger partial charge in [0.15, 0.2) is 0 Å². The van der Waals surface area contributed by atoms with Gasteiger partial charge in [-0.25, -0.2) is 9.18 Å². The van der Waals surface area contributed by atoms with E-state index < -0.39 is 11.8 Å². The average molecular weight is 185 g/mol. The number of halogens is 1. The number of carbonyl (C=O) groups excluding carboxylic acids is 1. The van der Waals surface area contributed by atoms with Gasteiger partial charge in [0.1, 0.15) is 5.83 Å². The highest BCUT2D eigenvalue weighted by Crippen LogP contribution is 2.11. The Labute approximate surface area is 76.4 Å². The first-order valence-corrected chi connectivity index (χ1v) is 3.56. The van der Waals surface area contributed by atoms with E-state index in [1.807, 2.05) is 0 Å². The molecule has 0 aromatic rings. The minimum atomic E-state index is -0.623.